The van der Waals surface area contributed by atoms with Gasteiger partial charge in [0.1, 0.15) is 23.4 Å². The Kier molecular flexibility index (Phi) is 4.28. The van der Waals surface area contributed by atoms with E-state index in [9.17, 15) is 4.39 Å². The SMILES string of the molecule is CC1Cc2cc(CN3CCc4onc(Nc5cccc(F)c5)c4C3)ccc2O1. The van der Waals surface area contributed by atoms with Crippen LogP contribution >= 0.6 is 0 Å². The van der Waals surface area contributed by atoms with Crippen molar-refractivity contribution in [1.82, 2.24) is 10.1 Å². The van der Waals surface area contributed by atoms with Crippen LogP contribution in [0.25, 0.3) is 0 Å². The maximum atomic E-state index is 13.5. The lowest BCUT2D eigenvalue weighted by molar-refractivity contribution is 0.228. The molecule has 1 N–H and O–H groups in total. The van der Waals surface area contributed by atoms with Crippen molar-refractivity contribution in [1.29, 1.82) is 0 Å². The van der Waals surface area contributed by atoms with Crippen molar-refractivity contribution in [2.24, 2.45) is 0 Å². The Morgan fingerprint density at radius 3 is 3.07 bits per heavy atom. The maximum Gasteiger partial charge on any atom is 0.178 e. The van der Waals surface area contributed by atoms with E-state index < -0.39 is 0 Å². The van der Waals surface area contributed by atoms with Gasteiger partial charge in [-0.2, -0.15) is 0 Å². The molecule has 5 rings (SSSR count). The molecule has 0 saturated heterocycles. The zero-order chi connectivity index (χ0) is 19.1. The molecule has 0 radical (unpaired) electrons. The molecule has 1 aromatic heterocycles. The van der Waals surface area contributed by atoms with Gasteiger partial charge in [-0.25, -0.2) is 4.39 Å². The summed E-state index contributed by atoms with van der Waals surface area (Å²) in [5.41, 5.74) is 4.30. The van der Waals surface area contributed by atoms with E-state index in [-0.39, 0.29) is 11.9 Å². The molecule has 1 unspecified atom stereocenters. The number of hydrogen-bond acceptors (Lipinski definition) is 5. The van der Waals surface area contributed by atoms with Crippen molar-refractivity contribution in [3.8, 4) is 5.75 Å². The van der Waals surface area contributed by atoms with Crippen molar-refractivity contribution < 1.29 is 13.7 Å². The van der Waals surface area contributed by atoms with Gasteiger partial charge in [0, 0.05) is 38.2 Å². The van der Waals surface area contributed by atoms with E-state index >= 15 is 0 Å². The molecule has 2 aliphatic heterocycles. The predicted molar refractivity (Wildman–Crippen MR) is 104 cm³/mol. The van der Waals surface area contributed by atoms with Crippen LogP contribution in [0.2, 0.25) is 0 Å². The fourth-order valence-electron chi connectivity index (χ4n) is 4.03. The number of nitrogens with one attached hydrogen (secondary N) is 1. The fourth-order valence-corrected chi connectivity index (χ4v) is 4.03. The number of rotatable bonds is 4. The minimum absolute atomic E-state index is 0.260. The van der Waals surface area contributed by atoms with E-state index in [1.54, 1.807) is 6.07 Å². The Morgan fingerprint density at radius 1 is 1.25 bits per heavy atom. The number of benzene rings is 2. The molecule has 6 heteroatoms. The molecule has 3 aromatic rings. The van der Waals surface area contributed by atoms with Crippen molar-refractivity contribution in [3.05, 3.63) is 70.7 Å². The maximum absolute atomic E-state index is 13.5. The second-order valence-electron chi connectivity index (χ2n) is 7.60. The third-order valence-corrected chi connectivity index (χ3v) is 5.36. The highest BCUT2D eigenvalue weighted by atomic mass is 19.1. The average molecular weight is 379 g/mol. The Bertz CT molecular complexity index is 1020. The van der Waals surface area contributed by atoms with Crippen LogP contribution in [0.1, 0.15) is 29.4 Å². The first-order valence-electron chi connectivity index (χ1n) is 9.65. The second-order valence-corrected chi connectivity index (χ2v) is 7.60. The molecule has 0 spiro atoms. The Balaban J connectivity index is 1.31. The number of ether oxygens (including phenoxy) is 1. The summed E-state index contributed by atoms with van der Waals surface area (Å²) >= 11 is 0. The number of aromatic nitrogens is 1. The van der Waals surface area contributed by atoms with Gasteiger partial charge in [0.2, 0.25) is 0 Å². The van der Waals surface area contributed by atoms with Crippen LogP contribution in [0, 0.1) is 5.82 Å². The Hall–Kier alpha value is -2.86. The number of anilines is 2. The molecule has 144 valence electrons. The van der Waals surface area contributed by atoms with Crippen molar-refractivity contribution in [2.45, 2.75) is 39.0 Å². The minimum atomic E-state index is -0.279. The predicted octanol–water partition coefficient (Wildman–Crippen LogP) is 4.44. The molecule has 28 heavy (non-hydrogen) atoms. The molecule has 0 amide bonds. The number of fused-ring (bicyclic) bond motifs is 2. The summed E-state index contributed by atoms with van der Waals surface area (Å²) in [6.07, 6.45) is 2.05. The Morgan fingerprint density at radius 2 is 2.18 bits per heavy atom. The number of nitrogens with zero attached hydrogens (tertiary/aromatic N) is 2. The van der Waals surface area contributed by atoms with Gasteiger partial charge in [-0.3, -0.25) is 4.90 Å². The third kappa shape index (κ3) is 3.36. The molecule has 0 fully saturated rings. The van der Waals surface area contributed by atoms with Gasteiger partial charge in [0.15, 0.2) is 5.82 Å². The summed E-state index contributed by atoms with van der Waals surface area (Å²) in [5.74, 6) is 2.31. The van der Waals surface area contributed by atoms with Crippen LogP contribution in [0.15, 0.2) is 47.0 Å². The molecule has 2 aliphatic rings. The first kappa shape index (κ1) is 17.3. The summed E-state index contributed by atoms with van der Waals surface area (Å²) in [6, 6.07) is 12.9. The lowest BCUT2D eigenvalue weighted by Crippen LogP contribution is -2.29. The van der Waals surface area contributed by atoms with E-state index in [4.69, 9.17) is 9.26 Å². The van der Waals surface area contributed by atoms with Gasteiger partial charge in [-0.15, -0.1) is 0 Å². The summed E-state index contributed by atoms with van der Waals surface area (Å²) in [4.78, 5) is 2.39. The van der Waals surface area contributed by atoms with E-state index in [0.717, 1.165) is 49.5 Å². The second kappa shape index (κ2) is 6.95. The van der Waals surface area contributed by atoms with Gasteiger partial charge in [0.25, 0.3) is 0 Å². The van der Waals surface area contributed by atoms with Crippen LogP contribution in [0.4, 0.5) is 15.9 Å². The molecular formula is C22H22FN3O2. The van der Waals surface area contributed by atoms with Gasteiger partial charge in [0.05, 0.1) is 5.56 Å². The van der Waals surface area contributed by atoms with E-state index in [1.807, 2.05) is 6.07 Å². The number of hydrogen-bond donors (Lipinski definition) is 1. The topological polar surface area (TPSA) is 50.5 Å². The van der Waals surface area contributed by atoms with Crippen molar-refractivity contribution in [3.63, 3.8) is 0 Å². The molecule has 1 atom stereocenters. The highest BCUT2D eigenvalue weighted by Gasteiger charge is 2.25. The van der Waals surface area contributed by atoms with Crippen molar-refractivity contribution in [2.75, 3.05) is 11.9 Å². The molecule has 3 heterocycles. The zero-order valence-corrected chi connectivity index (χ0v) is 15.7. The lowest BCUT2D eigenvalue weighted by Gasteiger charge is -2.26. The number of halogens is 1. The largest absolute Gasteiger partial charge is 0.490 e. The van der Waals surface area contributed by atoms with Crippen LogP contribution < -0.4 is 10.1 Å². The fraction of sp³-hybridized carbons (Fsp3) is 0.318. The molecule has 2 aromatic carbocycles. The Labute approximate surface area is 163 Å². The highest BCUT2D eigenvalue weighted by Crippen LogP contribution is 2.32. The molecule has 0 aliphatic carbocycles. The summed E-state index contributed by atoms with van der Waals surface area (Å²) in [6.45, 7) is 4.64. The summed E-state index contributed by atoms with van der Waals surface area (Å²) < 4.78 is 24.8. The van der Waals surface area contributed by atoms with Gasteiger partial charge >= 0.3 is 0 Å². The minimum Gasteiger partial charge on any atom is -0.490 e. The average Bonchev–Trinajstić information content (AvgIpc) is 3.24. The van der Waals surface area contributed by atoms with Crippen LogP contribution in [-0.4, -0.2) is 22.7 Å². The van der Waals surface area contributed by atoms with Gasteiger partial charge in [-0.05, 0) is 42.3 Å². The van der Waals surface area contributed by atoms with Gasteiger partial charge in [-0.1, -0.05) is 23.4 Å². The molecular weight excluding hydrogens is 357 g/mol. The van der Waals surface area contributed by atoms with Gasteiger partial charge < -0.3 is 14.6 Å². The highest BCUT2D eigenvalue weighted by molar-refractivity contribution is 5.60. The zero-order valence-electron chi connectivity index (χ0n) is 15.7. The molecule has 0 saturated carbocycles. The quantitative estimate of drug-likeness (QED) is 0.726. The monoisotopic (exact) mass is 379 g/mol. The normalized spacial score (nSPS) is 18.4. The summed E-state index contributed by atoms with van der Waals surface area (Å²) in [7, 11) is 0. The smallest absolute Gasteiger partial charge is 0.178 e. The van der Waals surface area contributed by atoms with Crippen molar-refractivity contribution >= 4 is 11.5 Å². The van der Waals surface area contributed by atoms with Crippen LogP contribution in [0.5, 0.6) is 5.75 Å². The summed E-state index contributed by atoms with van der Waals surface area (Å²) in [5, 5.41) is 7.36. The first-order chi connectivity index (χ1) is 13.6. The van der Waals surface area contributed by atoms with E-state index in [2.05, 4.69) is 40.5 Å². The van der Waals surface area contributed by atoms with E-state index in [1.165, 1.54) is 23.3 Å². The molecule has 0 bridgehead atoms. The third-order valence-electron chi connectivity index (χ3n) is 5.36. The standard InChI is InChI=1S/C22H22FN3O2/c1-14-9-16-10-15(5-6-20(16)27-14)12-26-8-7-21-19(13-26)22(25-28-21)24-18-4-2-3-17(23)11-18/h2-6,10-11,14H,7-9,12-13H2,1H3,(H,24,25). The first-order valence-corrected chi connectivity index (χ1v) is 9.65. The van der Waals surface area contributed by atoms with E-state index in [0.29, 0.717) is 11.5 Å². The van der Waals surface area contributed by atoms with Crippen LogP contribution in [-0.2, 0) is 25.9 Å². The lowest BCUT2D eigenvalue weighted by atomic mass is 10.0. The van der Waals surface area contributed by atoms with Crippen LogP contribution in [0.3, 0.4) is 0 Å². The molecule has 5 nitrogen and oxygen atoms in total.